The number of carboxylic acid groups (broad SMARTS) is 1. The van der Waals surface area contributed by atoms with Crippen LogP contribution in [0.15, 0.2) is 12.2 Å². The van der Waals surface area contributed by atoms with E-state index in [0.29, 0.717) is 19.4 Å². The van der Waals surface area contributed by atoms with E-state index in [1.807, 2.05) is 19.9 Å². The Balaban J connectivity index is 2.29. The molecule has 18 heavy (non-hydrogen) atoms. The van der Waals surface area contributed by atoms with Gasteiger partial charge in [-0.25, -0.2) is 0 Å². The molecule has 1 saturated heterocycles. The number of hydrogen-bond donors (Lipinski definition) is 1. The fraction of sp³-hybridized carbons (Fsp3) is 0.714. The minimum absolute atomic E-state index is 0.0149. The summed E-state index contributed by atoms with van der Waals surface area (Å²) >= 11 is 0. The second-order valence-electron chi connectivity index (χ2n) is 5.25. The van der Waals surface area contributed by atoms with Crippen molar-refractivity contribution < 1.29 is 19.4 Å². The summed E-state index contributed by atoms with van der Waals surface area (Å²) in [6, 6.07) is 0. The number of carboxylic acids is 1. The third kappa shape index (κ3) is 1.99. The van der Waals surface area contributed by atoms with Crippen LogP contribution in [-0.2, 0) is 14.3 Å². The van der Waals surface area contributed by atoms with Crippen LogP contribution < -0.4 is 0 Å². The number of allylic oxidation sites excluding steroid dienone is 1. The summed E-state index contributed by atoms with van der Waals surface area (Å²) in [5.74, 6) is -1.15. The zero-order valence-corrected chi connectivity index (χ0v) is 10.9. The largest absolute Gasteiger partial charge is 0.481 e. The van der Waals surface area contributed by atoms with Crippen molar-refractivity contribution in [2.45, 2.75) is 38.7 Å². The fourth-order valence-electron chi connectivity index (χ4n) is 3.39. The summed E-state index contributed by atoms with van der Waals surface area (Å²) in [7, 11) is 0. The van der Waals surface area contributed by atoms with E-state index in [1.165, 1.54) is 0 Å². The first-order chi connectivity index (χ1) is 8.54. The van der Waals surface area contributed by atoms with E-state index in [1.54, 1.807) is 6.08 Å². The molecule has 1 N–H and O–H groups in total. The predicted octanol–water partition coefficient (Wildman–Crippen LogP) is 2.04. The molecule has 0 aromatic rings. The highest BCUT2D eigenvalue weighted by Gasteiger charge is 2.52. The van der Waals surface area contributed by atoms with Crippen molar-refractivity contribution in [1.29, 1.82) is 0 Å². The van der Waals surface area contributed by atoms with Crippen LogP contribution in [0.2, 0.25) is 0 Å². The number of ether oxygens (including phenoxy) is 1. The molecule has 0 saturated carbocycles. The van der Waals surface area contributed by atoms with Gasteiger partial charge in [-0.1, -0.05) is 13.8 Å². The molecule has 0 amide bonds. The highest BCUT2D eigenvalue weighted by Crippen LogP contribution is 2.47. The van der Waals surface area contributed by atoms with Gasteiger partial charge in [0.2, 0.25) is 0 Å². The lowest BCUT2D eigenvalue weighted by molar-refractivity contribution is -0.144. The molecule has 0 radical (unpaired) electrons. The fourth-order valence-corrected chi connectivity index (χ4v) is 3.39. The Hall–Kier alpha value is -1.16. The van der Waals surface area contributed by atoms with Gasteiger partial charge < -0.3 is 9.84 Å². The second kappa shape index (κ2) is 4.84. The molecule has 1 aliphatic carbocycles. The summed E-state index contributed by atoms with van der Waals surface area (Å²) < 4.78 is 5.89. The third-order valence-corrected chi connectivity index (χ3v) is 4.49. The first-order valence-corrected chi connectivity index (χ1v) is 6.63. The number of fused-ring (bicyclic) bond motifs is 1. The van der Waals surface area contributed by atoms with Gasteiger partial charge in [0.25, 0.3) is 0 Å². The molecule has 0 spiro atoms. The molecule has 0 aromatic heterocycles. The lowest BCUT2D eigenvalue weighted by Gasteiger charge is -2.35. The number of carbonyl (C=O) groups excluding carboxylic acids is 1. The maximum absolute atomic E-state index is 11.6. The minimum atomic E-state index is -0.778. The average molecular weight is 252 g/mol. The average Bonchev–Trinajstić information content (AvgIpc) is 2.70. The van der Waals surface area contributed by atoms with Gasteiger partial charge in [-0.15, -0.1) is 0 Å². The Bertz CT molecular complexity index is 387. The minimum Gasteiger partial charge on any atom is -0.481 e. The molecule has 1 heterocycles. The van der Waals surface area contributed by atoms with Crippen LogP contribution in [0.1, 0.15) is 33.1 Å². The van der Waals surface area contributed by atoms with Crippen molar-refractivity contribution in [2.24, 2.45) is 17.8 Å². The summed E-state index contributed by atoms with van der Waals surface area (Å²) in [6.45, 7) is 4.35. The predicted molar refractivity (Wildman–Crippen MR) is 66.1 cm³/mol. The van der Waals surface area contributed by atoms with Crippen molar-refractivity contribution in [2.75, 3.05) is 6.61 Å². The van der Waals surface area contributed by atoms with E-state index >= 15 is 0 Å². The molecular formula is C14H20O4. The van der Waals surface area contributed by atoms with Gasteiger partial charge in [-0.3, -0.25) is 9.59 Å². The molecule has 1 fully saturated rings. The maximum Gasteiger partial charge on any atom is 0.306 e. The molecule has 0 bridgehead atoms. The molecule has 4 nitrogen and oxygen atoms in total. The zero-order chi connectivity index (χ0) is 13.3. The van der Waals surface area contributed by atoms with E-state index in [-0.39, 0.29) is 17.6 Å². The normalized spacial score (nSPS) is 36.4. The molecule has 1 aliphatic heterocycles. The number of hydrogen-bond acceptors (Lipinski definition) is 3. The lowest BCUT2D eigenvalue weighted by atomic mass is 9.69. The Labute approximate surface area is 107 Å². The van der Waals surface area contributed by atoms with Crippen LogP contribution in [-0.4, -0.2) is 29.1 Å². The Morgan fingerprint density at radius 2 is 2.33 bits per heavy atom. The summed E-state index contributed by atoms with van der Waals surface area (Å²) in [5, 5.41) is 9.29. The number of ketones is 1. The SMILES string of the molecule is CCC(C(=O)O)C1COC2(CC)C=CC(=O)CC12. The lowest BCUT2D eigenvalue weighted by Crippen LogP contribution is -2.41. The first kappa shape index (κ1) is 13.3. The van der Waals surface area contributed by atoms with Gasteiger partial charge >= 0.3 is 5.97 Å². The van der Waals surface area contributed by atoms with Crippen LogP contribution in [0, 0.1) is 17.8 Å². The van der Waals surface area contributed by atoms with E-state index < -0.39 is 17.5 Å². The molecule has 2 aliphatic rings. The van der Waals surface area contributed by atoms with Gasteiger partial charge in [0.05, 0.1) is 18.1 Å². The van der Waals surface area contributed by atoms with E-state index in [2.05, 4.69) is 0 Å². The topological polar surface area (TPSA) is 63.6 Å². The van der Waals surface area contributed by atoms with Gasteiger partial charge in [-0.2, -0.15) is 0 Å². The van der Waals surface area contributed by atoms with Crippen molar-refractivity contribution in [3.05, 3.63) is 12.2 Å². The number of rotatable bonds is 4. The van der Waals surface area contributed by atoms with Crippen LogP contribution in [0.5, 0.6) is 0 Å². The molecular weight excluding hydrogens is 232 g/mol. The molecule has 0 aromatic carbocycles. The van der Waals surface area contributed by atoms with Crippen molar-refractivity contribution in [3.8, 4) is 0 Å². The second-order valence-corrected chi connectivity index (χ2v) is 5.25. The van der Waals surface area contributed by atoms with Crippen LogP contribution in [0.4, 0.5) is 0 Å². The first-order valence-electron chi connectivity index (χ1n) is 6.63. The Kier molecular flexibility index (Phi) is 3.57. The van der Waals surface area contributed by atoms with Crippen molar-refractivity contribution in [3.63, 3.8) is 0 Å². The monoisotopic (exact) mass is 252 g/mol. The summed E-state index contributed by atoms with van der Waals surface area (Å²) in [6.07, 6.45) is 5.21. The molecule has 4 heteroatoms. The highest BCUT2D eigenvalue weighted by molar-refractivity contribution is 5.91. The Morgan fingerprint density at radius 1 is 1.61 bits per heavy atom. The summed E-state index contributed by atoms with van der Waals surface area (Å²) in [5.41, 5.74) is -0.415. The molecule has 4 unspecified atom stereocenters. The van der Waals surface area contributed by atoms with E-state index in [4.69, 9.17) is 4.74 Å². The Morgan fingerprint density at radius 3 is 2.89 bits per heavy atom. The van der Waals surface area contributed by atoms with Gasteiger partial charge in [0.15, 0.2) is 5.78 Å². The molecule has 4 atom stereocenters. The summed E-state index contributed by atoms with van der Waals surface area (Å²) in [4.78, 5) is 22.9. The third-order valence-electron chi connectivity index (χ3n) is 4.49. The van der Waals surface area contributed by atoms with Gasteiger partial charge in [0, 0.05) is 18.3 Å². The maximum atomic E-state index is 11.6. The number of carbonyl (C=O) groups is 2. The van der Waals surface area contributed by atoms with Gasteiger partial charge in [-0.05, 0) is 25.0 Å². The standard InChI is InChI=1S/C14H20O4/c1-3-10(13(16)17)11-8-18-14(4-2)6-5-9(15)7-12(11)14/h5-6,10-12H,3-4,7-8H2,1-2H3,(H,16,17). The van der Waals surface area contributed by atoms with Gasteiger partial charge in [0.1, 0.15) is 0 Å². The smallest absolute Gasteiger partial charge is 0.306 e. The van der Waals surface area contributed by atoms with Crippen LogP contribution in [0.25, 0.3) is 0 Å². The van der Waals surface area contributed by atoms with Crippen LogP contribution in [0.3, 0.4) is 0 Å². The van der Waals surface area contributed by atoms with Crippen molar-refractivity contribution >= 4 is 11.8 Å². The van der Waals surface area contributed by atoms with Crippen molar-refractivity contribution in [1.82, 2.24) is 0 Å². The van der Waals surface area contributed by atoms with E-state index in [9.17, 15) is 14.7 Å². The molecule has 2 rings (SSSR count). The highest BCUT2D eigenvalue weighted by atomic mass is 16.5. The quantitative estimate of drug-likeness (QED) is 0.831. The zero-order valence-electron chi connectivity index (χ0n) is 10.9. The number of aliphatic carboxylic acids is 1. The molecule has 100 valence electrons. The van der Waals surface area contributed by atoms with Crippen LogP contribution >= 0.6 is 0 Å². The van der Waals surface area contributed by atoms with E-state index in [0.717, 1.165) is 6.42 Å².